The largest absolute Gasteiger partial charge is 0.394 e. The van der Waals surface area contributed by atoms with Crippen molar-refractivity contribution in [1.82, 2.24) is 0 Å². The molecule has 0 atom stereocenters. The second-order valence-corrected chi connectivity index (χ2v) is 1.34. The zero-order valence-electron chi connectivity index (χ0n) is 2.94. The number of hydrogen-bond acceptors (Lipinski definition) is 2. The van der Waals surface area contributed by atoms with E-state index in [2.05, 4.69) is 0 Å². The minimum Gasteiger partial charge on any atom is -0.264 e. The van der Waals surface area contributed by atoms with E-state index in [4.69, 9.17) is 17.5 Å². The van der Waals surface area contributed by atoms with Gasteiger partial charge in [-0.25, -0.2) is 0 Å². The van der Waals surface area contributed by atoms with Crippen molar-refractivity contribution in [3.63, 3.8) is 0 Å². The van der Waals surface area contributed by atoms with Gasteiger partial charge in [-0.05, 0) is 0 Å². The molecule has 0 aliphatic carbocycles. The summed E-state index contributed by atoms with van der Waals surface area (Å²) in [6.07, 6.45) is 0. The van der Waals surface area contributed by atoms with Crippen molar-refractivity contribution in [1.29, 1.82) is 0 Å². The lowest BCUT2D eigenvalue weighted by atomic mass is 15.8. The van der Waals surface area contributed by atoms with Crippen LogP contribution in [0.5, 0.6) is 0 Å². The third-order valence-corrected chi connectivity index (χ3v) is 0. The highest BCUT2D eigenvalue weighted by Crippen LogP contribution is 1.59. The molecule has 48 valence electrons. The highest BCUT2D eigenvalue weighted by Gasteiger charge is 1.84. The minimum absolute atomic E-state index is 0. The Bertz CT molecular complexity index is 94.9. The summed E-state index contributed by atoms with van der Waals surface area (Å²) in [5.41, 5.74) is 0. The summed E-state index contributed by atoms with van der Waals surface area (Å²) >= 11 is 0. The van der Waals surface area contributed by atoms with Crippen LogP contribution in [0.1, 0.15) is 0 Å². The molecule has 7 heavy (non-hydrogen) atoms. The molecule has 0 spiro atoms. The lowest BCUT2D eigenvalue weighted by Crippen LogP contribution is -1.89. The van der Waals surface area contributed by atoms with E-state index in [1.54, 1.807) is 0 Å². The van der Waals surface area contributed by atoms with E-state index in [0.29, 0.717) is 0 Å². The Balaban J connectivity index is -0.0000000800. The van der Waals surface area contributed by atoms with Gasteiger partial charge in [-0.1, -0.05) is 0 Å². The van der Waals surface area contributed by atoms with Crippen molar-refractivity contribution >= 4 is 39.8 Å². The van der Waals surface area contributed by atoms with Crippen LogP contribution in [0.3, 0.4) is 0 Å². The summed E-state index contributed by atoms with van der Waals surface area (Å²) in [6, 6.07) is 0. The molecule has 0 aromatic rings. The first-order valence-electron chi connectivity index (χ1n) is 0.698. The van der Waals surface area contributed by atoms with E-state index < -0.39 is 10.4 Å². The summed E-state index contributed by atoms with van der Waals surface area (Å²) in [6.45, 7) is 0. The predicted molar refractivity (Wildman–Crippen MR) is 31.7 cm³/mol. The predicted octanol–water partition coefficient (Wildman–Crippen LogP) is 0.347. The monoisotopic (exact) mass is 214 g/mol. The van der Waals surface area contributed by atoms with Gasteiger partial charge in [0, 0.05) is 0 Å². The van der Waals surface area contributed by atoms with Crippen LogP contribution in [0.15, 0.2) is 0 Å². The first kappa shape index (κ1) is 15.6. The molecule has 0 aliphatic heterocycles. The van der Waals surface area contributed by atoms with Crippen molar-refractivity contribution in [2.45, 2.75) is 0 Å². The smallest absolute Gasteiger partial charge is 0.264 e. The normalized spacial score (nSPS) is 8.29. The van der Waals surface area contributed by atoms with Crippen LogP contribution in [-0.4, -0.2) is 17.5 Å². The van der Waals surface area contributed by atoms with Crippen molar-refractivity contribution < 1.29 is 17.5 Å². The first-order valence-corrected chi connectivity index (χ1v) is 2.10. The van der Waals surface area contributed by atoms with Crippen LogP contribution >= 0.6 is 29.4 Å². The van der Waals surface area contributed by atoms with Crippen LogP contribution in [0.4, 0.5) is 0 Å². The molecule has 0 aromatic heterocycles. The number of rotatable bonds is 0. The standard InChI is InChI=1S/BrH.ClH.H2O4S/c;;1-5(2,3)4/h2*1H;(H2,1,2,3,4). The van der Waals surface area contributed by atoms with Gasteiger partial charge in [-0.2, -0.15) is 8.42 Å². The highest BCUT2D eigenvalue weighted by molar-refractivity contribution is 8.93. The van der Waals surface area contributed by atoms with Crippen LogP contribution in [0.25, 0.3) is 0 Å². The second kappa shape index (κ2) is 4.79. The summed E-state index contributed by atoms with van der Waals surface area (Å²) in [5, 5.41) is 0. The number of halogens is 2. The Morgan fingerprint density at radius 1 is 1.14 bits per heavy atom. The van der Waals surface area contributed by atoms with Crippen LogP contribution < -0.4 is 0 Å². The molecule has 0 aliphatic rings. The Morgan fingerprint density at radius 2 is 1.14 bits per heavy atom. The molecule has 0 unspecified atom stereocenters. The van der Waals surface area contributed by atoms with Gasteiger partial charge < -0.3 is 0 Å². The average molecular weight is 215 g/mol. The second-order valence-electron chi connectivity index (χ2n) is 0.448. The van der Waals surface area contributed by atoms with Gasteiger partial charge in [-0.3, -0.25) is 9.11 Å². The molecule has 0 radical (unpaired) electrons. The third-order valence-electron chi connectivity index (χ3n) is 0. The van der Waals surface area contributed by atoms with Crippen LogP contribution in [0.2, 0.25) is 0 Å². The Hall–Kier alpha value is 0.640. The summed E-state index contributed by atoms with van der Waals surface area (Å²) < 4.78 is 31.6. The zero-order chi connectivity index (χ0) is 4.50. The fourth-order valence-corrected chi connectivity index (χ4v) is 0. The van der Waals surface area contributed by atoms with Crippen LogP contribution in [-0.2, 0) is 10.4 Å². The highest BCUT2D eigenvalue weighted by atomic mass is 79.9. The van der Waals surface area contributed by atoms with Gasteiger partial charge >= 0.3 is 10.4 Å². The molecule has 0 fully saturated rings. The van der Waals surface area contributed by atoms with Gasteiger partial charge in [0.05, 0.1) is 0 Å². The maximum atomic E-state index is 8.74. The van der Waals surface area contributed by atoms with Gasteiger partial charge in [0.25, 0.3) is 0 Å². The molecular formula is H4BrClO4S. The van der Waals surface area contributed by atoms with Gasteiger partial charge in [0.2, 0.25) is 0 Å². The van der Waals surface area contributed by atoms with E-state index >= 15 is 0 Å². The maximum absolute atomic E-state index is 8.74. The van der Waals surface area contributed by atoms with E-state index in [9.17, 15) is 0 Å². The molecule has 0 saturated heterocycles. The maximum Gasteiger partial charge on any atom is 0.394 e. The molecule has 0 rings (SSSR count). The molecule has 0 bridgehead atoms. The Labute approximate surface area is 57.7 Å². The Kier molecular flexibility index (Phi) is 10.7. The molecule has 0 saturated carbocycles. The molecule has 0 aromatic carbocycles. The lowest BCUT2D eigenvalue weighted by Gasteiger charge is -1.68. The molecular weight excluding hydrogens is 211 g/mol. The molecule has 7 heteroatoms. The molecule has 0 heterocycles. The van der Waals surface area contributed by atoms with Gasteiger partial charge in [-0.15, -0.1) is 29.4 Å². The first-order chi connectivity index (χ1) is 2.00. The van der Waals surface area contributed by atoms with E-state index in [1.807, 2.05) is 0 Å². The van der Waals surface area contributed by atoms with Gasteiger partial charge in [0.15, 0.2) is 0 Å². The average Bonchev–Trinajstić information content (AvgIpc) is 0.722. The van der Waals surface area contributed by atoms with Crippen molar-refractivity contribution in [2.24, 2.45) is 0 Å². The fraction of sp³-hybridized carbons (Fsp3) is 0. The van der Waals surface area contributed by atoms with Gasteiger partial charge in [0.1, 0.15) is 0 Å². The SMILES string of the molecule is Br.Cl.O=S(=O)(O)O. The van der Waals surface area contributed by atoms with E-state index in [-0.39, 0.29) is 29.4 Å². The van der Waals surface area contributed by atoms with Crippen molar-refractivity contribution in [2.75, 3.05) is 0 Å². The summed E-state index contributed by atoms with van der Waals surface area (Å²) in [7, 11) is -4.67. The summed E-state index contributed by atoms with van der Waals surface area (Å²) in [5.74, 6) is 0. The Morgan fingerprint density at radius 3 is 1.14 bits per heavy atom. The zero-order valence-corrected chi connectivity index (χ0v) is 6.28. The quantitative estimate of drug-likeness (QED) is 0.572. The van der Waals surface area contributed by atoms with Crippen LogP contribution in [0, 0.1) is 0 Å². The minimum atomic E-state index is -4.67. The summed E-state index contributed by atoms with van der Waals surface area (Å²) in [4.78, 5) is 0. The van der Waals surface area contributed by atoms with Crippen molar-refractivity contribution in [3.05, 3.63) is 0 Å². The molecule has 4 nitrogen and oxygen atoms in total. The fourth-order valence-electron chi connectivity index (χ4n) is 0. The van der Waals surface area contributed by atoms with E-state index in [1.165, 1.54) is 0 Å². The number of hydrogen-bond donors (Lipinski definition) is 2. The molecule has 2 N–H and O–H groups in total. The van der Waals surface area contributed by atoms with Crippen molar-refractivity contribution in [3.8, 4) is 0 Å². The molecule has 0 amide bonds. The lowest BCUT2D eigenvalue weighted by molar-refractivity contribution is 0.381. The topological polar surface area (TPSA) is 74.6 Å². The third kappa shape index (κ3) is 349. The van der Waals surface area contributed by atoms with E-state index in [0.717, 1.165) is 0 Å².